The third kappa shape index (κ3) is 3.72. The van der Waals surface area contributed by atoms with Gasteiger partial charge in [0.15, 0.2) is 11.5 Å². The van der Waals surface area contributed by atoms with Crippen molar-refractivity contribution in [2.24, 2.45) is 0 Å². The Morgan fingerprint density at radius 1 is 1.10 bits per heavy atom. The summed E-state index contributed by atoms with van der Waals surface area (Å²) in [6.07, 6.45) is 0. The van der Waals surface area contributed by atoms with Crippen LogP contribution in [-0.4, -0.2) is 28.4 Å². The smallest absolute Gasteiger partial charge is 0.314 e. The zero-order valence-electron chi connectivity index (χ0n) is 16.8. The number of aryl methyl sites for hydroxylation is 1. The quantitative estimate of drug-likeness (QED) is 0.611. The summed E-state index contributed by atoms with van der Waals surface area (Å²) in [6.45, 7) is 2.37. The molecule has 0 unspecified atom stereocenters. The van der Waals surface area contributed by atoms with Crippen molar-refractivity contribution in [2.75, 3.05) is 12.1 Å². The maximum atomic E-state index is 12.7. The Hall–Kier alpha value is -3.46. The van der Waals surface area contributed by atoms with Gasteiger partial charge in [-0.1, -0.05) is 24.3 Å². The second-order valence-electron chi connectivity index (χ2n) is 7.29. The van der Waals surface area contributed by atoms with E-state index in [0.717, 1.165) is 39.6 Å². The third-order valence-corrected chi connectivity index (χ3v) is 6.19. The first-order valence-electron chi connectivity index (χ1n) is 9.82. The van der Waals surface area contributed by atoms with Crippen molar-refractivity contribution in [3.63, 3.8) is 0 Å². The molecule has 2 aliphatic heterocycles. The number of rotatable bonds is 4. The molecule has 0 aliphatic carbocycles. The summed E-state index contributed by atoms with van der Waals surface area (Å²) >= 11 is 1.73. The molecule has 2 N–H and O–H groups in total. The maximum absolute atomic E-state index is 12.7. The molecule has 5 rings (SSSR count). The molecule has 8 nitrogen and oxygen atoms in total. The number of nitrogens with zero attached hydrogens (tertiary/aromatic N) is 2. The van der Waals surface area contributed by atoms with E-state index >= 15 is 0 Å². The largest absolute Gasteiger partial charge is 0.454 e. The van der Waals surface area contributed by atoms with E-state index in [2.05, 4.69) is 15.7 Å². The minimum absolute atomic E-state index is 0.185. The van der Waals surface area contributed by atoms with Crippen LogP contribution in [0.25, 0.3) is 5.69 Å². The average molecular weight is 436 g/mol. The maximum Gasteiger partial charge on any atom is 0.314 e. The van der Waals surface area contributed by atoms with Crippen LogP contribution in [0.3, 0.4) is 0 Å². The standard InChI is InChI=1S/C22H20N4O4S/c1-13-4-2-3-5-17(13)26-20(15-10-31-11-16(15)25-26)24-22(28)21(27)23-9-14-6-7-18-19(8-14)30-12-29-18/h2-8H,9-12H2,1H3,(H,23,27)(H,24,28). The number of anilines is 1. The number of para-hydroxylation sites is 1. The summed E-state index contributed by atoms with van der Waals surface area (Å²) in [5.41, 5.74) is 4.61. The molecule has 3 heterocycles. The van der Waals surface area contributed by atoms with Crippen LogP contribution in [-0.2, 0) is 27.6 Å². The molecule has 0 bridgehead atoms. The second-order valence-corrected chi connectivity index (χ2v) is 8.27. The van der Waals surface area contributed by atoms with Crippen molar-refractivity contribution in [2.45, 2.75) is 25.0 Å². The van der Waals surface area contributed by atoms with E-state index in [-0.39, 0.29) is 13.3 Å². The minimum atomic E-state index is -0.727. The fourth-order valence-electron chi connectivity index (χ4n) is 3.59. The van der Waals surface area contributed by atoms with Gasteiger partial charge in [-0.2, -0.15) is 16.9 Å². The average Bonchev–Trinajstić information content (AvgIpc) is 3.49. The number of ether oxygens (including phenoxy) is 2. The predicted molar refractivity (Wildman–Crippen MR) is 116 cm³/mol. The van der Waals surface area contributed by atoms with Gasteiger partial charge in [0.05, 0.1) is 11.4 Å². The Kier molecular flexibility index (Phi) is 5.03. The molecule has 2 aliphatic rings. The Labute approximate surface area is 182 Å². The SMILES string of the molecule is Cc1ccccc1-n1nc2c(c1NC(=O)C(=O)NCc1ccc3c(c1)OCO3)CSC2. The van der Waals surface area contributed by atoms with Crippen LogP contribution in [0.15, 0.2) is 42.5 Å². The van der Waals surface area contributed by atoms with Gasteiger partial charge in [0.2, 0.25) is 6.79 Å². The van der Waals surface area contributed by atoms with Crippen LogP contribution in [0.4, 0.5) is 5.82 Å². The number of carbonyl (C=O) groups excluding carboxylic acids is 2. The summed E-state index contributed by atoms with van der Waals surface area (Å²) in [5.74, 6) is 1.95. The van der Waals surface area contributed by atoms with Crippen molar-refractivity contribution in [1.82, 2.24) is 15.1 Å². The Morgan fingerprint density at radius 3 is 2.81 bits per heavy atom. The van der Waals surface area contributed by atoms with E-state index in [1.165, 1.54) is 0 Å². The lowest BCUT2D eigenvalue weighted by Crippen LogP contribution is -2.35. The molecule has 0 spiro atoms. The van der Waals surface area contributed by atoms with Gasteiger partial charge in [0.1, 0.15) is 5.82 Å². The van der Waals surface area contributed by atoms with Crippen molar-refractivity contribution < 1.29 is 19.1 Å². The van der Waals surface area contributed by atoms with E-state index in [9.17, 15) is 9.59 Å². The lowest BCUT2D eigenvalue weighted by molar-refractivity contribution is -0.136. The number of aromatic nitrogens is 2. The van der Waals surface area contributed by atoms with Gasteiger partial charge in [0.25, 0.3) is 0 Å². The van der Waals surface area contributed by atoms with Crippen LogP contribution >= 0.6 is 11.8 Å². The van der Waals surface area contributed by atoms with Gasteiger partial charge in [-0.05, 0) is 36.2 Å². The van der Waals surface area contributed by atoms with Gasteiger partial charge in [0, 0.05) is 23.6 Å². The number of thioether (sulfide) groups is 1. The first-order chi connectivity index (χ1) is 15.1. The summed E-state index contributed by atoms with van der Waals surface area (Å²) in [7, 11) is 0. The van der Waals surface area contributed by atoms with Crippen LogP contribution in [0.2, 0.25) is 0 Å². The molecule has 158 valence electrons. The van der Waals surface area contributed by atoms with Gasteiger partial charge in [-0.15, -0.1) is 0 Å². The summed E-state index contributed by atoms with van der Waals surface area (Å²) in [4.78, 5) is 25.1. The fraction of sp³-hybridized carbons (Fsp3) is 0.227. The highest BCUT2D eigenvalue weighted by Gasteiger charge is 2.27. The molecule has 9 heteroatoms. The van der Waals surface area contributed by atoms with Gasteiger partial charge >= 0.3 is 11.8 Å². The predicted octanol–water partition coefficient (Wildman–Crippen LogP) is 2.91. The molecular formula is C22H20N4O4S. The second kappa shape index (κ2) is 7.99. The van der Waals surface area contributed by atoms with E-state index < -0.39 is 11.8 Å². The van der Waals surface area contributed by atoms with Crippen LogP contribution < -0.4 is 20.1 Å². The molecule has 0 radical (unpaired) electrons. The van der Waals surface area contributed by atoms with Gasteiger partial charge in [-0.3, -0.25) is 9.59 Å². The number of amides is 2. The normalized spacial score (nSPS) is 13.7. The van der Waals surface area contributed by atoms with E-state index in [4.69, 9.17) is 9.47 Å². The number of nitrogens with one attached hydrogen (secondary N) is 2. The third-order valence-electron chi connectivity index (χ3n) is 5.22. The zero-order chi connectivity index (χ0) is 21.4. The van der Waals surface area contributed by atoms with Gasteiger partial charge in [-0.25, -0.2) is 4.68 Å². The summed E-state index contributed by atoms with van der Waals surface area (Å²) in [5, 5.41) is 10.1. The first kappa shape index (κ1) is 19.5. The Balaban J connectivity index is 1.32. The molecular weight excluding hydrogens is 416 g/mol. The fourth-order valence-corrected chi connectivity index (χ4v) is 4.63. The monoisotopic (exact) mass is 436 g/mol. The first-order valence-corrected chi connectivity index (χ1v) is 11.0. The Morgan fingerprint density at radius 2 is 1.94 bits per heavy atom. The number of carbonyl (C=O) groups is 2. The van der Waals surface area contributed by atoms with Crippen LogP contribution in [0, 0.1) is 6.92 Å². The molecule has 0 atom stereocenters. The van der Waals surface area contributed by atoms with Crippen molar-refractivity contribution in [1.29, 1.82) is 0 Å². The minimum Gasteiger partial charge on any atom is -0.454 e. The number of hydrogen-bond acceptors (Lipinski definition) is 6. The van der Waals surface area contributed by atoms with Crippen LogP contribution in [0.1, 0.15) is 22.4 Å². The van der Waals surface area contributed by atoms with E-state index in [1.807, 2.05) is 37.3 Å². The molecule has 0 saturated carbocycles. The highest BCUT2D eigenvalue weighted by molar-refractivity contribution is 7.98. The van der Waals surface area contributed by atoms with E-state index in [0.29, 0.717) is 17.3 Å². The molecule has 1 aromatic heterocycles. The number of fused-ring (bicyclic) bond motifs is 2. The van der Waals surface area contributed by atoms with Crippen LogP contribution in [0.5, 0.6) is 11.5 Å². The molecule has 0 saturated heterocycles. The van der Waals surface area contributed by atoms with Crippen molar-refractivity contribution in [3.8, 4) is 17.2 Å². The molecule has 31 heavy (non-hydrogen) atoms. The lowest BCUT2D eigenvalue weighted by atomic mass is 10.2. The van der Waals surface area contributed by atoms with E-state index in [1.54, 1.807) is 28.6 Å². The number of hydrogen-bond donors (Lipinski definition) is 2. The molecule has 2 amide bonds. The molecule has 2 aromatic carbocycles. The molecule has 3 aromatic rings. The summed E-state index contributed by atoms with van der Waals surface area (Å²) < 4.78 is 12.4. The van der Waals surface area contributed by atoms with Gasteiger partial charge < -0.3 is 20.1 Å². The van der Waals surface area contributed by atoms with Crippen molar-refractivity contribution in [3.05, 3.63) is 64.8 Å². The summed E-state index contributed by atoms with van der Waals surface area (Å²) in [6, 6.07) is 13.2. The molecule has 0 fully saturated rings. The highest BCUT2D eigenvalue weighted by atomic mass is 32.2. The topological polar surface area (TPSA) is 94.5 Å². The lowest BCUT2D eigenvalue weighted by Gasteiger charge is -2.13. The number of benzene rings is 2. The zero-order valence-corrected chi connectivity index (χ0v) is 17.6. The Bertz CT molecular complexity index is 1190. The highest BCUT2D eigenvalue weighted by Crippen LogP contribution is 2.36. The van der Waals surface area contributed by atoms with Crippen molar-refractivity contribution >= 4 is 29.4 Å².